The molecule has 2 amide bonds. The van der Waals surface area contributed by atoms with Gasteiger partial charge < -0.3 is 20.8 Å². The second-order valence-electron chi connectivity index (χ2n) is 9.25. The number of hydrogen-bond donors (Lipinski definition) is 4. The summed E-state index contributed by atoms with van der Waals surface area (Å²) in [5.41, 5.74) is 0.760. The lowest BCUT2D eigenvalue weighted by molar-refractivity contribution is -0.131. The minimum Gasteiger partial charge on any atom is -0.394 e. The number of hydrogen-bond acceptors (Lipinski definition) is 4. The predicted octanol–water partition coefficient (Wildman–Crippen LogP) is 2.21. The van der Waals surface area contributed by atoms with Gasteiger partial charge in [0.1, 0.15) is 6.04 Å². The number of benzene rings is 1. The largest absolute Gasteiger partial charge is 0.394 e. The van der Waals surface area contributed by atoms with E-state index in [2.05, 4.69) is 54.0 Å². The van der Waals surface area contributed by atoms with Crippen LogP contribution in [-0.2, 0) is 16.1 Å². The highest BCUT2D eigenvalue weighted by atomic mass is 127. The van der Waals surface area contributed by atoms with Gasteiger partial charge in [-0.05, 0) is 75.8 Å². The van der Waals surface area contributed by atoms with E-state index in [9.17, 15) is 19.8 Å². The van der Waals surface area contributed by atoms with Crippen LogP contribution in [0.15, 0.2) is 24.3 Å². The maximum Gasteiger partial charge on any atom is 0.245 e. The third-order valence-corrected chi connectivity index (χ3v) is 8.23. The maximum absolute atomic E-state index is 12.6. The molecule has 1 aromatic carbocycles. The van der Waals surface area contributed by atoms with E-state index in [4.69, 9.17) is 0 Å². The molecule has 2 bridgehead atoms. The Bertz CT molecular complexity index is 784. The van der Waals surface area contributed by atoms with Crippen molar-refractivity contribution >= 4 is 34.4 Å². The lowest BCUT2D eigenvalue weighted by atomic mass is 9.70. The molecule has 3 rings (SSSR count). The number of carbonyl (C=O) groups is 2. The summed E-state index contributed by atoms with van der Waals surface area (Å²) in [4.78, 5) is 25.0. The van der Waals surface area contributed by atoms with Crippen LogP contribution in [-0.4, -0.2) is 40.8 Å². The molecule has 0 saturated heterocycles. The number of aliphatic hydroxyl groups is 2. The van der Waals surface area contributed by atoms with Gasteiger partial charge >= 0.3 is 0 Å². The Labute approximate surface area is 186 Å². The van der Waals surface area contributed by atoms with Crippen molar-refractivity contribution < 1.29 is 19.8 Å². The Morgan fingerprint density at radius 3 is 2.62 bits per heavy atom. The lowest BCUT2D eigenvalue weighted by Gasteiger charge is -2.37. The molecule has 4 unspecified atom stereocenters. The molecule has 2 aliphatic carbocycles. The van der Waals surface area contributed by atoms with Gasteiger partial charge in [-0.3, -0.25) is 9.59 Å². The van der Waals surface area contributed by atoms with Gasteiger partial charge in [-0.25, -0.2) is 0 Å². The van der Waals surface area contributed by atoms with E-state index in [-0.39, 0.29) is 35.0 Å². The van der Waals surface area contributed by atoms with Crippen molar-refractivity contribution in [2.75, 3.05) is 6.61 Å². The molecular weight excluding hydrogens is 483 g/mol. The van der Waals surface area contributed by atoms with Crippen LogP contribution in [0.25, 0.3) is 0 Å². The summed E-state index contributed by atoms with van der Waals surface area (Å²) >= 11 is 2.21. The number of aliphatic hydroxyl groups excluding tert-OH is 2. The second kappa shape index (κ2) is 8.51. The molecule has 2 fully saturated rings. The Morgan fingerprint density at radius 1 is 1.31 bits per heavy atom. The highest BCUT2D eigenvalue weighted by molar-refractivity contribution is 14.1. The van der Waals surface area contributed by atoms with Crippen LogP contribution in [0.1, 0.15) is 45.6 Å². The average molecular weight is 514 g/mol. The summed E-state index contributed by atoms with van der Waals surface area (Å²) in [5, 5.41) is 25.9. The van der Waals surface area contributed by atoms with Gasteiger partial charge in [-0.15, -0.1) is 0 Å². The number of rotatable bonds is 7. The van der Waals surface area contributed by atoms with E-state index < -0.39 is 24.7 Å². The zero-order valence-corrected chi connectivity index (χ0v) is 19.4. The summed E-state index contributed by atoms with van der Waals surface area (Å²) in [7, 11) is 0. The topological polar surface area (TPSA) is 98.7 Å². The zero-order chi connectivity index (χ0) is 21.4. The van der Waals surface area contributed by atoms with Gasteiger partial charge in [0.25, 0.3) is 0 Å². The Kier molecular flexibility index (Phi) is 6.60. The van der Waals surface area contributed by atoms with Crippen LogP contribution in [0.5, 0.6) is 0 Å². The molecule has 2 aliphatic rings. The summed E-state index contributed by atoms with van der Waals surface area (Å²) < 4.78 is 1.07. The van der Waals surface area contributed by atoms with E-state index in [0.29, 0.717) is 6.54 Å². The summed E-state index contributed by atoms with van der Waals surface area (Å²) in [5.74, 6) is -0.544. The fourth-order valence-electron chi connectivity index (χ4n) is 5.41. The quantitative estimate of drug-likeness (QED) is 0.420. The first-order valence-electron chi connectivity index (χ1n) is 10.2. The van der Waals surface area contributed by atoms with Crippen molar-refractivity contribution in [1.82, 2.24) is 10.6 Å². The smallest absolute Gasteiger partial charge is 0.245 e. The maximum atomic E-state index is 12.6. The van der Waals surface area contributed by atoms with Gasteiger partial charge in [0.15, 0.2) is 0 Å². The van der Waals surface area contributed by atoms with Crippen LogP contribution in [0.4, 0.5) is 0 Å². The third-order valence-electron chi connectivity index (χ3n) is 7.56. The summed E-state index contributed by atoms with van der Waals surface area (Å²) in [6, 6.07) is 6.76. The molecule has 0 aromatic heterocycles. The fraction of sp³-hybridized carbons (Fsp3) is 0.636. The molecule has 0 spiro atoms. The van der Waals surface area contributed by atoms with Crippen molar-refractivity contribution in [3.8, 4) is 0 Å². The minimum atomic E-state index is -0.996. The van der Waals surface area contributed by atoms with Gasteiger partial charge in [-0.1, -0.05) is 32.9 Å². The molecule has 0 heterocycles. The Morgan fingerprint density at radius 2 is 2.03 bits per heavy atom. The molecule has 29 heavy (non-hydrogen) atoms. The molecule has 160 valence electrons. The van der Waals surface area contributed by atoms with Gasteiger partial charge in [-0.2, -0.15) is 0 Å². The molecule has 2 saturated carbocycles. The first-order valence-corrected chi connectivity index (χ1v) is 11.3. The van der Waals surface area contributed by atoms with Crippen LogP contribution < -0.4 is 10.6 Å². The Balaban J connectivity index is 1.55. The van der Waals surface area contributed by atoms with Crippen LogP contribution >= 0.6 is 22.6 Å². The number of nitrogens with one attached hydrogen (secondary N) is 2. The fourth-order valence-corrected chi connectivity index (χ4v) is 6.01. The summed E-state index contributed by atoms with van der Waals surface area (Å²) in [6.07, 6.45) is 1.64. The third kappa shape index (κ3) is 4.18. The molecule has 7 heteroatoms. The van der Waals surface area contributed by atoms with Crippen molar-refractivity contribution in [3.05, 3.63) is 33.4 Å². The molecule has 0 aliphatic heterocycles. The predicted molar refractivity (Wildman–Crippen MR) is 119 cm³/mol. The van der Waals surface area contributed by atoms with Crippen molar-refractivity contribution in [2.45, 2.75) is 58.7 Å². The van der Waals surface area contributed by atoms with Crippen molar-refractivity contribution in [2.24, 2.45) is 22.7 Å². The van der Waals surface area contributed by atoms with E-state index in [1.165, 1.54) is 0 Å². The number of halogens is 1. The Hall–Kier alpha value is -1.19. The molecule has 1 aromatic rings. The standard InChI is InChI=1S/C22H31IN2O4/c1-21(2)16-7-8-22(21,3)19(28)15(16)10-18(27)25-17(12-26)20(29)24-11-13-5-4-6-14(23)9-13/h4-6,9,15-17,19,26,28H,7-8,10-12H2,1-3H3,(H,24,29)(H,25,27)/t15?,16?,17-,19?,22?/m0/s1. The molecule has 6 nitrogen and oxygen atoms in total. The minimum absolute atomic E-state index is 0.0156. The van der Waals surface area contributed by atoms with E-state index >= 15 is 0 Å². The van der Waals surface area contributed by atoms with E-state index in [1.54, 1.807) is 0 Å². The first-order chi connectivity index (χ1) is 13.6. The summed E-state index contributed by atoms with van der Waals surface area (Å²) in [6.45, 7) is 6.34. The highest BCUT2D eigenvalue weighted by Crippen LogP contribution is 2.68. The number of fused-ring (bicyclic) bond motifs is 2. The van der Waals surface area contributed by atoms with Gasteiger partial charge in [0, 0.05) is 16.5 Å². The number of carbonyl (C=O) groups excluding carboxylic acids is 2. The van der Waals surface area contributed by atoms with E-state index in [1.807, 2.05) is 24.3 Å². The average Bonchev–Trinajstić information content (AvgIpc) is 2.98. The highest BCUT2D eigenvalue weighted by Gasteiger charge is 2.65. The van der Waals surface area contributed by atoms with Crippen LogP contribution in [0.3, 0.4) is 0 Å². The molecular formula is C22H31IN2O4. The zero-order valence-electron chi connectivity index (χ0n) is 17.2. The van der Waals surface area contributed by atoms with Gasteiger partial charge in [0.2, 0.25) is 11.8 Å². The molecule has 0 radical (unpaired) electrons. The van der Waals surface area contributed by atoms with Gasteiger partial charge in [0.05, 0.1) is 12.7 Å². The van der Waals surface area contributed by atoms with E-state index in [0.717, 1.165) is 22.0 Å². The SMILES string of the molecule is CC1(C)C2CCC1(C)C(O)C2CC(=O)N[C@@H](CO)C(=O)NCc1cccc(I)c1. The van der Waals surface area contributed by atoms with Crippen LogP contribution in [0.2, 0.25) is 0 Å². The van der Waals surface area contributed by atoms with Crippen LogP contribution in [0, 0.1) is 26.2 Å². The number of amides is 2. The molecule has 4 N–H and O–H groups in total. The monoisotopic (exact) mass is 514 g/mol. The second-order valence-corrected chi connectivity index (χ2v) is 10.5. The normalized spacial score (nSPS) is 30.8. The van der Waals surface area contributed by atoms with Crippen molar-refractivity contribution in [1.29, 1.82) is 0 Å². The molecule has 5 atom stereocenters. The van der Waals surface area contributed by atoms with Crippen molar-refractivity contribution in [3.63, 3.8) is 0 Å². The first kappa shape index (κ1) is 22.5. The lowest BCUT2D eigenvalue weighted by Crippen LogP contribution is -2.49.